The average molecular weight is 440 g/mol. The third kappa shape index (κ3) is 4.52. The van der Waals surface area contributed by atoms with Gasteiger partial charge in [-0.3, -0.25) is 5.10 Å². The van der Waals surface area contributed by atoms with Crippen molar-refractivity contribution in [2.24, 2.45) is 0 Å². The maximum Gasteiger partial charge on any atom is 0.390 e. The van der Waals surface area contributed by atoms with Crippen molar-refractivity contribution in [3.05, 3.63) is 60.4 Å². The monoisotopic (exact) mass is 440 g/mol. The van der Waals surface area contributed by atoms with E-state index in [-0.39, 0.29) is 6.54 Å². The molecule has 6 nitrogen and oxygen atoms in total. The lowest BCUT2D eigenvalue weighted by Crippen LogP contribution is -2.35. The number of hydrogen-bond donors (Lipinski definition) is 1. The molecule has 2 aromatic carbocycles. The Balaban J connectivity index is 1.23. The average Bonchev–Trinajstić information content (AvgIpc) is 3.47. The summed E-state index contributed by atoms with van der Waals surface area (Å²) < 4.78 is 39.0. The summed E-state index contributed by atoms with van der Waals surface area (Å²) in [5, 5.41) is 16.6. The molecule has 0 radical (unpaired) electrons. The number of nitrogens with zero attached hydrogens (tertiary/aromatic N) is 5. The van der Waals surface area contributed by atoms with Gasteiger partial charge in [0.2, 0.25) is 0 Å². The molecule has 1 aliphatic rings. The SMILES string of the molecule is FC(F)(F)CCN1CCC(c2ccc(-n3cc(-c4ccc5cn[nH]c5c4)nn3)cc2)CC1. The molecule has 0 aliphatic carbocycles. The van der Waals surface area contributed by atoms with E-state index in [0.717, 1.165) is 40.7 Å². The van der Waals surface area contributed by atoms with Crippen LogP contribution in [-0.2, 0) is 0 Å². The first-order valence-electron chi connectivity index (χ1n) is 10.7. The van der Waals surface area contributed by atoms with Crippen LogP contribution in [0, 0.1) is 0 Å². The van der Waals surface area contributed by atoms with Gasteiger partial charge in [-0.1, -0.05) is 29.5 Å². The molecule has 1 fully saturated rings. The Morgan fingerprint density at radius 3 is 2.56 bits per heavy atom. The lowest BCUT2D eigenvalue weighted by molar-refractivity contribution is -0.138. The minimum atomic E-state index is -4.08. The fraction of sp³-hybridized carbons (Fsp3) is 0.348. The molecule has 3 heterocycles. The van der Waals surface area contributed by atoms with E-state index in [0.29, 0.717) is 19.0 Å². The second-order valence-corrected chi connectivity index (χ2v) is 8.29. The van der Waals surface area contributed by atoms with E-state index in [1.54, 1.807) is 10.9 Å². The van der Waals surface area contributed by atoms with Gasteiger partial charge in [0.15, 0.2) is 0 Å². The molecule has 0 bridgehead atoms. The third-order valence-corrected chi connectivity index (χ3v) is 6.16. The molecule has 0 amide bonds. The van der Waals surface area contributed by atoms with Crippen molar-refractivity contribution < 1.29 is 13.2 Å². The summed E-state index contributed by atoms with van der Waals surface area (Å²) >= 11 is 0. The predicted molar refractivity (Wildman–Crippen MR) is 116 cm³/mol. The molecular formula is C23H23F3N6. The normalized spacial score (nSPS) is 16.1. The van der Waals surface area contributed by atoms with E-state index in [9.17, 15) is 13.2 Å². The number of fused-ring (bicyclic) bond motifs is 1. The van der Waals surface area contributed by atoms with Crippen molar-refractivity contribution in [1.29, 1.82) is 0 Å². The lowest BCUT2D eigenvalue weighted by Gasteiger charge is -2.32. The van der Waals surface area contributed by atoms with Gasteiger partial charge in [-0.25, -0.2) is 4.68 Å². The van der Waals surface area contributed by atoms with Gasteiger partial charge in [0.1, 0.15) is 5.69 Å². The maximum absolute atomic E-state index is 12.4. The number of likely N-dealkylation sites (tertiary alicyclic amines) is 1. The third-order valence-electron chi connectivity index (χ3n) is 6.16. The van der Waals surface area contributed by atoms with Crippen LogP contribution in [0.3, 0.4) is 0 Å². The highest BCUT2D eigenvalue weighted by Crippen LogP contribution is 2.30. The summed E-state index contributed by atoms with van der Waals surface area (Å²) in [5.41, 5.74) is 4.82. The van der Waals surface area contributed by atoms with Crippen LogP contribution in [0.4, 0.5) is 13.2 Å². The predicted octanol–water partition coefficient (Wildman–Crippen LogP) is 4.94. The Morgan fingerprint density at radius 1 is 1.03 bits per heavy atom. The quantitative estimate of drug-likeness (QED) is 0.477. The molecule has 32 heavy (non-hydrogen) atoms. The topological polar surface area (TPSA) is 62.6 Å². The molecule has 1 aliphatic heterocycles. The maximum atomic E-state index is 12.4. The Kier molecular flexibility index (Phi) is 5.42. The number of H-pyrrole nitrogens is 1. The molecule has 1 saturated heterocycles. The largest absolute Gasteiger partial charge is 0.390 e. The van der Waals surface area contributed by atoms with Gasteiger partial charge in [0.25, 0.3) is 0 Å². The second kappa shape index (κ2) is 8.38. The summed E-state index contributed by atoms with van der Waals surface area (Å²) in [6.07, 6.45) is 0.610. The molecule has 0 unspecified atom stereocenters. The summed E-state index contributed by atoms with van der Waals surface area (Å²) in [7, 11) is 0. The number of piperidine rings is 1. The molecule has 0 spiro atoms. The highest BCUT2D eigenvalue weighted by Gasteiger charge is 2.29. The first-order valence-corrected chi connectivity index (χ1v) is 10.7. The van der Waals surface area contributed by atoms with Crippen LogP contribution in [0.2, 0.25) is 0 Å². The van der Waals surface area contributed by atoms with Gasteiger partial charge in [0.05, 0.1) is 30.0 Å². The standard InChI is InChI=1S/C23H23F3N6/c24-23(25,26)9-12-31-10-7-17(8-11-31)16-3-5-20(6-4-16)32-15-22(29-30-32)18-1-2-19-14-27-28-21(19)13-18/h1-6,13-15,17H,7-12H2,(H,27,28). The van der Waals surface area contributed by atoms with Crippen LogP contribution in [0.15, 0.2) is 54.9 Å². The summed E-state index contributed by atoms with van der Waals surface area (Å²) in [6.45, 7) is 1.50. The van der Waals surface area contributed by atoms with E-state index in [2.05, 4.69) is 32.6 Å². The smallest absolute Gasteiger partial charge is 0.303 e. The van der Waals surface area contributed by atoms with Crippen molar-refractivity contribution >= 4 is 10.9 Å². The Hall–Kier alpha value is -3.20. The zero-order valence-corrected chi connectivity index (χ0v) is 17.4. The van der Waals surface area contributed by atoms with E-state index in [4.69, 9.17) is 0 Å². The summed E-state index contributed by atoms with van der Waals surface area (Å²) in [6, 6.07) is 14.2. The zero-order chi connectivity index (χ0) is 22.1. The summed E-state index contributed by atoms with van der Waals surface area (Å²) in [4.78, 5) is 1.91. The zero-order valence-electron chi connectivity index (χ0n) is 17.4. The van der Waals surface area contributed by atoms with Crippen molar-refractivity contribution in [3.8, 4) is 16.9 Å². The minimum absolute atomic E-state index is 0.0943. The van der Waals surface area contributed by atoms with Crippen molar-refractivity contribution in [1.82, 2.24) is 30.1 Å². The number of aromatic amines is 1. The van der Waals surface area contributed by atoms with Crippen molar-refractivity contribution in [2.45, 2.75) is 31.4 Å². The van der Waals surface area contributed by atoms with Gasteiger partial charge in [-0.2, -0.15) is 18.3 Å². The van der Waals surface area contributed by atoms with Gasteiger partial charge >= 0.3 is 6.18 Å². The van der Waals surface area contributed by atoms with Gasteiger partial charge in [0, 0.05) is 17.5 Å². The Labute approximate surface area is 183 Å². The molecule has 4 aromatic rings. The molecule has 5 rings (SSSR count). The second-order valence-electron chi connectivity index (χ2n) is 8.29. The minimum Gasteiger partial charge on any atom is -0.303 e. The highest BCUT2D eigenvalue weighted by molar-refractivity contribution is 5.82. The van der Waals surface area contributed by atoms with Crippen LogP contribution in [0.5, 0.6) is 0 Å². The van der Waals surface area contributed by atoms with E-state index < -0.39 is 12.6 Å². The molecule has 0 saturated carbocycles. The molecular weight excluding hydrogens is 417 g/mol. The van der Waals surface area contributed by atoms with Gasteiger partial charge in [-0.15, -0.1) is 5.10 Å². The van der Waals surface area contributed by atoms with Gasteiger partial charge < -0.3 is 4.90 Å². The number of alkyl halides is 3. The first kappa shape index (κ1) is 20.7. The van der Waals surface area contributed by atoms with Crippen LogP contribution in [0.25, 0.3) is 27.8 Å². The fourth-order valence-electron chi connectivity index (χ4n) is 4.29. The van der Waals surface area contributed by atoms with Crippen LogP contribution >= 0.6 is 0 Å². The number of benzene rings is 2. The number of rotatable bonds is 5. The Morgan fingerprint density at radius 2 is 1.81 bits per heavy atom. The van der Waals surface area contributed by atoms with Crippen LogP contribution in [-0.4, -0.2) is 55.9 Å². The number of halogens is 3. The number of nitrogens with one attached hydrogen (secondary N) is 1. The molecule has 0 atom stereocenters. The van der Waals surface area contributed by atoms with E-state index >= 15 is 0 Å². The van der Waals surface area contributed by atoms with Gasteiger partial charge in [-0.05, 0) is 55.6 Å². The highest BCUT2D eigenvalue weighted by atomic mass is 19.4. The van der Waals surface area contributed by atoms with Crippen molar-refractivity contribution in [3.63, 3.8) is 0 Å². The summed E-state index contributed by atoms with van der Waals surface area (Å²) in [5.74, 6) is 0.374. The van der Waals surface area contributed by atoms with Crippen LogP contribution < -0.4 is 0 Å². The first-order chi connectivity index (χ1) is 15.4. The molecule has 9 heteroatoms. The van der Waals surface area contributed by atoms with E-state index in [1.165, 1.54) is 5.56 Å². The molecule has 1 N–H and O–H groups in total. The Bertz CT molecular complexity index is 1190. The van der Waals surface area contributed by atoms with E-state index in [1.807, 2.05) is 41.4 Å². The number of aromatic nitrogens is 5. The number of hydrogen-bond acceptors (Lipinski definition) is 4. The molecule has 166 valence electrons. The van der Waals surface area contributed by atoms with Crippen LogP contribution in [0.1, 0.15) is 30.7 Å². The fourth-order valence-corrected chi connectivity index (χ4v) is 4.29. The lowest BCUT2D eigenvalue weighted by atomic mass is 9.89. The molecule has 2 aromatic heterocycles. The van der Waals surface area contributed by atoms with Crippen molar-refractivity contribution in [2.75, 3.05) is 19.6 Å².